The summed E-state index contributed by atoms with van der Waals surface area (Å²) in [5.74, 6) is 1.64. The largest absolute Gasteiger partial charge is 0.421 e. The predicted molar refractivity (Wildman–Crippen MR) is 90.8 cm³/mol. The maximum absolute atomic E-state index is 12.1. The van der Waals surface area contributed by atoms with Gasteiger partial charge in [-0.1, -0.05) is 18.2 Å². The maximum atomic E-state index is 12.1. The highest BCUT2D eigenvalue weighted by molar-refractivity contribution is 5.74. The average molecular weight is 342 g/mol. The van der Waals surface area contributed by atoms with Gasteiger partial charge in [0.25, 0.3) is 0 Å². The summed E-state index contributed by atoms with van der Waals surface area (Å²) in [6.45, 7) is 1.18. The summed E-state index contributed by atoms with van der Waals surface area (Å²) in [7, 11) is 0. The summed E-state index contributed by atoms with van der Waals surface area (Å²) in [6, 6.07) is 9.59. The highest BCUT2D eigenvalue weighted by atomic mass is 16.5. The number of hydrogen-bond acceptors (Lipinski definition) is 5. The van der Waals surface area contributed by atoms with Crippen molar-refractivity contribution in [3.05, 3.63) is 36.2 Å². The van der Waals surface area contributed by atoms with Crippen LogP contribution in [0.25, 0.3) is 11.5 Å². The molecule has 0 bridgehead atoms. The molecule has 0 unspecified atom stereocenters. The second-order valence-corrected chi connectivity index (χ2v) is 6.59. The van der Waals surface area contributed by atoms with Gasteiger partial charge >= 0.3 is 6.03 Å². The van der Waals surface area contributed by atoms with Crippen molar-refractivity contribution in [2.75, 3.05) is 13.2 Å². The smallest absolute Gasteiger partial charge is 0.315 e. The van der Waals surface area contributed by atoms with Crippen molar-refractivity contribution >= 4 is 6.03 Å². The van der Waals surface area contributed by atoms with Crippen LogP contribution in [0.15, 0.2) is 34.7 Å². The number of nitrogens with one attached hydrogen (secondary N) is 2. The van der Waals surface area contributed by atoms with Crippen LogP contribution in [0, 0.1) is 5.92 Å². The Bertz CT molecular complexity index is 714. The number of ether oxygens (including phenoxy) is 1. The monoisotopic (exact) mass is 342 g/mol. The zero-order valence-electron chi connectivity index (χ0n) is 14.0. The number of carbonyl (C=O) groups is 1. The van der Waals surface area contributed by atoms with Crippen molar-refractivity contribution in [2.45, 2.75) is 37.8 Å². The summed E-state index contributed by atoms with van der Waals surface area (Å²) in [6.07, 6.45) is 4.01. The van der Waals surface area contributed by atoms with Crippen LogP contribution in [-0.2, 0) is 11.2 Å². The lowest BCUT2D eigenvalue weighted by Crippen LogP contribution is -2.46. The third kappa shape index (κ3) is 3.99. The quantitative estimate of drug-likeness (QED) is 0.839. The van der Waals surface area contributed by atoms with Crippen LogP contribution in [0.1, 0.15) is 25.2 Å². The van der Waals surface area contributed by atoms with Crippen molar-refractivity contribution in [2.24, 2.45) is 5.92 Å². The van der Waals surface area contributed by atoms with Crippen molar-refractivity contribution in [1.29, 1.82) is 0 Å². The first-order chi connectivity index (χ1) is 12.3. The molecule has 25 heavy (non-hydrogen) atoms. The molecule has 1 aromatic carbocycles. The highest BCUT2D eigenvalue weighted by Gasteiger charge is 2.41. The molecule has 2 atom stereocenters. The molecule has 0 spiro atoms. The topological polar surface area (TPSA) is 89.3 Å². The van der Waals surface area contributed by atoms with Gasteiger partial charge in [-0.2, -0.15) is 0 Å². The third-order valence-corrected chi connectivity index (χ3v) is 4.65. The Balaban J connectivity index is 1.22. The molecule has 7 nitrogen and oxygen atoms in total. The van der Waals surface area contributed by atoms with E-state index in [4.69, 9.17) is 9.15 Å². The number of urea groups is 1. The minimum absolute atomic E-state index is 0.126. The van der Waals surface area contributed by atoms with Crippen LogP contribution in [0.3, 0.4) is 0 Å². The van der Waals surface area contributed by atoms with Crippen LogP contribution >= 0.6 is 0 Å². The van der Waals surface area contributed by atoms with Crippen LogP contribution in [0.2, 0.25) is 0 Å². The molecule has 0 radical (unpaired) electrons. The number of rotatable bonds is 6. The van der Waals surface area contributed by atoms with Gasteiger partial charge in [-0.15, -0.1) is 10.2 Å². The molecule has 2 aromatic rings. The third-order valence-electron chi connectivity index (χ3n) is 4.65. The Kier molecular flexibility index (Phi) is 4.65. The van der Waals surface area contributed by atoms with E-state index in [9.17, 15) is 4.79 Å². The molecule has 2 heterocycles. The second-order valence-electron chi connectivity index (χ2n) is 6.59. The molecule has 2 fully saturated rings. The van der Waals surface area contributed by atoms with Gasteiger partial charge in [-0.3, -0.25) is 0 Å². The minimum atomic E-state index is -0.163. The molecule has 1 aliphatic carbocycles. The Morgan fingerprint density at radius 3 is 2.80 bits per heavy atom. The first-order valence-electron chi connectivity index (χ1n) is 8.83. The average Bonchev–Trinajstić information content (AvgIpc) is 3.18. The predicted octanol–water partition coefficient (Wildman–Crippen LogP) is 2.15. The molecule has 4 rings (SSSR count). The van der Waals surface area contributed by atoms with E-state index in [0.717, 1.165) is 18.6 Å². The van der Waals surface area contributed by atoms with E-state index < -0.39 is 0 Å². The number of aromatic nitrogens is 2. The molecule has 7 heteroatoms. The van der Waals surface area contributed by atoms with Crippen LogP contribution in [0.4, 0.5) is 4.79 Å². The first-order valence-corrected chi connectivity index (χ1v) is 8.83. The second kappa shape index (κ2) is 7.23. The molecule has 1 saturated carbocycles. The van der Waals surface area contributed by atoms with E-state index in [0.29, 0.717) is 30.7 Å². The molecule has 2 aliphatic rings. The SMILES string of the molecule is O=C(NCCc1nnc(-c2ccccc2)o1)N[C@@H]1CCO[C@H]1C1CC1. The number of hydrogen-bond donors (Lipinski definition) is 2. The van der Waals surface area contributed by atoms with Gasteiger partial charge in [0.1, 0.15) is 0 Å². The molecule has 1 saturated heterocycles. The fourth-order valence-electron chi connectivity index (χ4n) is 3.21. The summed E-state index contributed by atoms with van der Waals surface area (Å²) in [5, 5.41) is 13.9. The molecule has 2 N–H and O–H groups in total. The molecule has 132 valence electrons. The maximum Gasteiger partial charge on any atom is 0.315 e. The number of nitrogens with zero attached hydrogens (tertiary/aromatic N) is 2. The molecular weight excluding hydrogens is 320 g/mol. The lowest BCUT2D eigenvalue weighted by Gasteiger charge is -2.19. The fraction of sp³-hybridized carbons (Fsp3) is 0.500. The lowest BCUT2D eigenvalue weighted by atomic mass is 10.1. The van der Waals surface area contributed by atoms with E-state index in [1.165, 1.54) is 12.8 Å². The number of carbonyl (C=O) groups excluding carboxylic acids is 1. The molecule has 2 amide bonds. The van der Waals surface area contributed by atoms with Crippen LogP contribution in [0.5, 0.6) is 0 Å². The van der Waals surface area contributed by atoms with Gasteiger partial charge in [0.05, 0.1) is 12.1 Å². The zero-order chi connectivity index (χ0) is 17.1. The normalized spacial score (nSPS) is 22.7. The minimum Gasteiger partial charge on any atom is -0.421 e. The van der Waals surface area contributed by atoms with E-state index in [1.54, 1.807) is 0 Å². The van der Waals surface area contributed by atoms with Gasteiger partial charge < -0.3 is 19.8 Å². The van der Waals surface area contributed by atoms with E-state index >= 15 is 0 Å². The zero-order valence-corrected chi connectivity index (χ0v) is 14.0. The summed E-state index contributed by atoms with van der Waals surface area (Å²) >= 11 is 0. The van der Waals surface area contributed by atoms with E-state index in [2.05, 4.69) is 20.8 Å². The fourth-order valence-corrected chi connectivity index (χ4v) is 3.21. The highest BCUT2D eigenvalue weighted by Crippen LogP contribution is 2.38. The van der Waals surface area contributed by atoms with Gasteiger partial charge in [0.2, 0.25) is 11.8 Å². The summed E-state index contributed by atoms with van der Waals surface area (Å²) in [4.78, 5) is 12.1. The Labute approximate surface area is 146 Å². The van der Waals surface area contributed by atoms with Crippen molar-refractivity contribution < 1.29 is 13.9 Å². The van der Waals surface area contributed by atoms with E-state index in [-0.39, 0.29) is 18.2 Å². The Morgan fingerprint density at radius 1 is 1.16 bits per heavy atom. The van der Waals surface area contributed by atoms with Gasteiger partial charge in [0, 0.05) is 25.1 Å². The molecular formula is C18H22N4O3. The molecule has 1 aromatic heterocycles. The number of amides is 2. The van der Waals surface area contributed by atoms with Gasteiger partial charge in [-0.25, -0.2) is 4.79 Å². The van der Waals surface area contributed by atoms with Crippen molar-refractivity contribution in [1.82, 2.24) is 20.8 Å². The Morgan fingerprint density at radius 2 is 2.00 bits per heavy atom. The van der Waals surface area contributed by atoms with Gasteiger partial charge in [0.15, 0.2) is 0 Å². The summed E-state index contributed by atoms with van der Waals surface area (Å²) in [5.41, 5.74) is 0.888. The van der Waals surface area contributed by atoms with Crippen LogP contribution < -0.4 is 10.6 Å². The first kappa shape index (κ1) is 16.1. The summed E-state index contributed by atoms with van der Waals surface area (Å²) < 4.78 is 11.4. The Hall–Kier alpha value is -2.41. The molecule has 1 aliphatic heterocycles. The number of benzene rings is 1. The van der Waals surface area contributed by atoms with Gasteiger partial charge in [-0.05, 0) is 37.3 Å². The van der Waals surface area contributed by atoms with E-state index in [1.807, 2.05) is 30.3 Å². The van der Waals surface area contributed by atoms with Crippen molar-refractivity contribution in [3.8, 4) is 11.5 Å². The lowest BCUT2D eigenvalue weighted by molar-refractivity contribution is 0.0825. The van der Waals surface area contributed by atoms with Crippen molar-refractivity contribution in [3.63, 3.8) is 0 Å². The standard InChI is InChI=1S/C18H22N4O3/c23-18(20-14-9-11-24-16(14)12-6-7-12)19-10-8-15-21-22-17(25-15)13-4-2-1-3-5-13/h1-5,12,14,16H,6-11H2,(H2,19,20,23)/t14-,16+/m1/s1. The van der Waals surface area contributed by atoms with Crippen LogP contribution in [-0.4, -0.2) is 41.5 Å².